The van der Waals surface area contributed by atoms with E-state index in [4.69, 9.17) is 4.74 Å². The number of rotatable bonds is 8. The Morgan fingerprint density at radius 3 is 2.95 bits per heavy atom. The maximum atomic E-state index is 5.74. The molecule has 1 aromatic rings. The van der Waals surface area contributed by atoms with Gasteiger partial charge in [-0.15, -0.1) is 11.3 Å². The number of thiazole rings is 1. The molecule has 0 amide bonds. The molecule has 1 saturated heterocycles. The van der Waals surface area contributed by atoms with E-state index in [2.05, 4.69) is 29.0 Å². The second-order valence-electron chi connectivity index (χ2n) is 5.24. The molecule has 1 aliphatic heterocycles. The van der Waals surface area contributed by atoms with Crippen LogP contribution < -0.4 is 10.2 Å². The van der Waals surface area contributed by atoms with Crippen LogP contribution in [0.4, 0.5) is 5.13 Å². The van der Waals surface area contributed by atoms with Crippen molar-refractivity contribution in [2.75, 3.05) is 31.1 Å². The minimum absolute atomic E-state index is 0.476. The summed E-state index contributed by atoms with van der Waals surface area (Å²) in [4.78, 5) is 8.12. The fourth-order valence-corrected chi connectivity index (χ4v) is 3.54. The van der Waals surface area contributed by atoms with Gasteiger partial charge in [-0.2, -0.15) is 0 Å². The lowest BCUT2D eigenvalue weighted by Crippen LogP contribution is -2.24. The van der Waals surface area contributed by atoms with Crippen LogP contribution in [0.25, 0.3) is 0 Å². The van der Waals surface area contributed by atoms with Crippen LogP contribution in [0, 0.1) is 0 Å². The summed E-state index contributed by atoms with van der Waals surface area (Å²) in [5.41, 5.74) is 0. The van der Waals surface area contributed by atoms with Gasteiger partial charge in [-0.3, -0.25) is 0 Å². The van der Waals surface area contributed by atoms with Gasteiger partial charge in [0.2, 0.25) is 0 Å². The number of anilines is 1. The average molecular weight is 297 g/mol. The van der Waals surface area contributed by atoms with Crippen LogP contribution in [0.1, 0.15) is 44.4 Å². The highest BCUT2D eigenvalue weighted by atomic mass is 32.1. The standard InChI is InChI=1S/C15H27N3OS/c1-3-18(4-2)15-17-12-14(20-15)11-16-9-8-13-7-5-6-10-19-13/h12-13,16H,3-11H2,1-2H3. The molecule has 1 aromatic heterocycles. The van der Waals surface area contributed by atoms with E-state index in [1.54, 1.807) is 11.3 Å². The van der Waals surface area contributed by atoms with Gasteiger partial charge in [-0.1, -0.05) is 0 Å². The Balaban J connectivity index is 1.66. The molecule has 0 saturated carbocycles. The van der Waals surface area contributed by atoms with E-state index in [1.807, 2.05) is 6.20 Å². The van der Waals surface area contributed by atoms with Gasteiger partial charge in [0.25, 0.3) is 0 Å². The Morgan fingerprint density at radius 1 is 1.40 bits per heavy atom. The molecule has 5 heteroatoms. The molecule has 114 valence electrons. The highest BCUT2D eigenvalue weighted by Gasteiger charge is 2.13. The predicted molar refractivity (Wildman–Crippen MR) is 85.6 cm³/mol. The fourth-order valence-electron chi connectivity index (χ4n) is 2.53. The Morgan fingerprint density at radius 2 is 2.25 bits per heavy atom. The molecular formula is C15H27N3OS. The van der Waals surface area contributed by atoms with Crippen molar-refractivity contribution >= 4 is 16.5 Å². The quantitative estimate of drug-likeness (QED) is 0.748. The maximum absolute atomic E-state index is 5.74. The lowest BCUT2D eigenvalue weighted by Gasteiger charge is -2.22. The Labute approximate surface area is 126 Å². The Hall–Kier alpha value is -0.650. The molecule has 0 aromatic carbocycles. The van der Waals surface area contributed by atoms with Gasteiger partial charge in [0, 0.05) is 37.3 Å². The summed E-state index contributed by atoms with van der Waals surface area (Å²) in [6.07, 6.45) is 7.40. The van der Waals surface area contributed by atoms with E-state index in [-0.39, 0.29) is 0 Å². The number of hydrogen-bond donors (Lipinski definition) is 1. The zero-order valence-electron chi connectivity index (χ0n) is 12.7. The molecular weight excluding hydrogens is 270 g/mol. The lowest BCUT2D eigenvalue weighted by atomic mass is 10.1. The number of ether oxygens (including phenoxy) is 1. The van der Waals surface area contributed by atoms with Gasteiger partial charge in [0.15, 0.2) is 5.13 Å². The van der Waals surface area contributed by atoms with E-state index in [0.29, 0.717) is 6.10 Å². The van der Waals surface area contributed by atoms with Crippen LogP contribution in [0.5, 0.6) is 0 Å². The first-order valence-electron chi connectivity index (χ1n) is 7.85. The molecule has 4 nitrogen and oxygen atoms in total. The second-order valence-corrected chi connectivity index (χ2v) is 6.33. The van der Waals surface area contributed by atoms with Gasteiger partial charge in [0.1, 0.15) is 0 Å². The maximum Gasteiger partial charge on any atom is 0.185 e. The van der Waals surface area contributed by atoms with Gasteiger partial charge in [-0.05, 0) is 46.1 Å². The van der Waals surface area contributed by atoms with Crippen LogP contribution in [0.3, 0.4) is 0 Å². The van der Waals surface area contributed by atoms with E-state index < -0.39 is 0 Å². The molecule has 20 heavy (non-hydrogen) atoms. The number of nitrogens with zero attached hydrogens (tertiary/aromatic N) is 2. The van der Waals surface area contributed by atoms with E-state index in [9.17, 15) is 0 Å². The van der Waals surface area contributed by atoms with Gasteiger partial charge in [-0.25, -0.2) is 4.98 Å². The smallest absolute Gasteiger partial charge is 0.185 e. The minimum atomic E-state index is 0.476. The summed E-state index contributed by atoms with van der Waals surface area (Å²) in [5.74, 6) is 0. The molecule has 1 fully saturated rings. The normalized spacial score (nSPS) is 19.2. The molecule has 2 heterocycles. The molecule has 0 spiro atoms. The topological polar surface area (TPSA) is 37.4 Å². The van der Waals surface area contributed by atoms with Crippen LogP contribution in [0.15, 0.2) is 6.20 Å². The largest absolute Gasteiger partial charge is 0.378 e. The van der Waals surface area contributed by atoms with Crippen LogP contribution in [-0.2, 0) is 11.3 Å². The summed E-state index contributed by atoms with van der Waals surface area (Å²) in [5, 5.41) is 4.65. The molecule has 0 bridgehead atoms. The highest BCUT2D eigenvalue weighted by molar-refractivity contribution is 7.15. The van der Waals surface area contributed by atoms with Crippen molar-refractivity contribution in [3.8, 4) is 0 Å². The number of nitrogens with one attached hydrogen (secondary N) is 1. The first kappa shape index (κ1) is 15.7. The van der Waals surface area contributed by atoms with E-state index in [1.165, 1.54) is 24.1 Å². The predicted octanol–water partition coefficient (Wildman–Crippen LogP) is 3.04. The third kappa shape index (κ3) is 4.72. The van der Waals surface area contributed by atoms with Gasteiger partial charge < -0.3 is 15.0 Å². The van der Waals surface area contributed by atoms with Crippen LogP contribution in [0.2, 0.25) is 0 Å². The van der Waals surface area contributed by atoms with E-state index in [0.717, 1.165) is 44.3 Å². The monoisotopic (exact) mass is 297 g/mol. The first-order chi connectivity index (χ1) is 9.83. The molecule has 1 atom stereocenters. The van der Waals surface area contributed by atoms with Gasteiger partial charge >= 0.3 is 0 Å². The van der Waals surface area contributed by atoms with Crippen LogP contribution >= 0.6 is 11.3 Å². The number of hydrogen-bond acceptors (Lipinski definition) is 5. The average Bonchev–Trinajstić information content (AvgIpc) is 2.95. The summed E-state index contributed by atoms with van der Waals surface area (Å²) < 4.78 is 5.74. The minimum Gasteiger partial charge on any atom is -0.378 e. The lowest BCUT2D eigenvalue weighted by molar-refractivity contribution is 0.0115. The second kappa shape index (κ2) is 8.60. The number of aromatic nitrogens is 1. The molecule has 2 rings (SSSR count). The molecule has 1 unspecified atom stereocenters. The van der Waals surface area contributed by atoms with Gasteiger partial charge in [0.05, 0.1) is 6.10 Å². The zero-order chi connectivity index (χ0) is 14.2. The molecule has 0 radical (unpaired) electrons. The molecule has 0 aliphatic carbocycles. The molecule has 1 N–H and O–H groups in total. The third-order valence-corrected chi connectivity index (χ3v) is 4.85. The SMILES string of the molecule is CCN(CC)c1ncc(CNCCC2CCCCO2)s1. The van der Waals surface area contributed by atoms with Crippen molar-refractivity contribution < 1.29 is 4.74 Å². The summed E-state index contributed by atoms with van der Waals surface area (Å²) in [6, 6.07) is 0. The third-order valence-electron chi connectivity index (χ3n) is 3.79. The van der Waals surface area contributed by atoms with Crippen molar-refractivity contribution in [1.82, 2.24) is 10.3 Å². The van der Waals surface area contributed by atoms with Crippen LogP contribution in [-0.4, -0.2) is 37.3 Å². The summed E-state index contributed by atoms with van der Waals surface area (Å²) in [6.45, 7) is 9.30. The van der Waals surface area contributed by atoms with E-state index >= 15 is 0 Å². The zero-order valence-corrected chi connectivity index (χ0v) is 13.5. The Bertz CT molecular complexity index is 373. The highest BCUT2D eigenvalue weighted by Crippen LogP contribution is 2.22. The van der Waals surface area contributed by atoms with Crippen molar-refractivity contribution in [3.63, 3.8) is 0 Å². The summed E-state index contributed by atoms with van der Waals surface area (Å²) in [7, 11) is 0. The van der Waals surface area contributed by atoms with Crippen molar-refractivity contribution in [3.05, 3.63) is 11.1 Å². The fraction of sp³-hybridized carbons (Fsp3) is 0.800. The van der Waals surface area contributed by atoms with Crippen molar-refractivity contribution in [1.29, 1.82) is 0 Å². The van der Waals surface area contributed by atoms with Crippen molar-refractivity contribution in [2.24, 2.45) is 0 Å². The summed E-state index contributed by atoms with van der Waals surface area (Å²) >= 11 is 1.80. The molecule has 1 aliphatic rings. The first-order valence-corrected chi connectivity index (χ1v) is 8.67. The Kier molecular flexibility index (Phi) is 6.76. The van der Waals surface area contributed by atoms with Crippen molar-refractivity contribution in [2.45, 2.75) is 52.2 Å².